The van der Waals surface area contributed by atoms with Crippen LogP contribution in [0.15, 0.2) is 42.5 Å². The monoisotopic (exact) mass is 290 g/mol. The van der Waals surface area contributed by atoms with E-state index in [1.807, 2.05) is 49.4 Å². The van der Waals surface area contributed by atoms with E-state index in [1.54, 1.807) is 0 Å². The average Bonchev–Trinajstić information content (AvgIpc) is 2.85. The molecule has 108 valence electrons. The predicted octanol–water partition coefficient (Wildman–Crippen LogP) is 3.35. The van der Waals surface area contributed by atoms with E-state index in [9.17, 15) is 9.59 Å². The molecule has 2 aromatic carbocycles. The van der Waals surface area contributed by atoms with Crippen LogP contribution in [0.5, 0.6) is 0 Å². The molecule has 4 rings (SSSR count). The molecule has 0 saturated carbocycles. The summed E-state index contributed by atoms with van der Waals surface area (Å²) in [4.78, 5) is 30.5. The Kier molecular flexibility index (Phi) is 2.73. The molecule has 4 heteroatoms. The molecule has 0 aliphatic carbocycles. The lowest BCUT2D eigenvalue weighted by Gasteiger charge is -2.19. The van der Waals surface area contributed by atoms with E-state index < -0.39 is 0 Å². The third kappa shape index (κ3) is 1.73. The molecule has 0 bridgehead atoms. The summed E-state index contributed by atoms with van der Waals surface area (Å²) >= 11 is 0. The second kappa shape index (κ2) is 4.63. The van der Waals surface area contributed by atoms with Gasteiger partial charge in [0, 0.05) is 23.6 Å². The SMILES string of the molecule is Cc1cccc2c(N3C(=O)CCC3=O)c3ccccc3nc12. The normalized spacial score (nSPS) is 15.2. The van der Waals surface area contributed by atoms with Crippen LogP contribution in [0.2, 0.25) is 0 Å². The number of anilines is 1. The Hall–Kier alpha value is -2.75. The lowest BCUT2D eigenvalue weighted by molar-refractivity contribution is -0.121. The Morgan fingerprint density at radius 3 is 2.36 bits per heavy atom. The van der Waals surface area contributed by atoms with Gasteiger partial charge in [-0.1, -0.05) is 36.4 Å². The van der Waals surface area contributed by atoms with E-state index in [-0.39, 0.29) is 24.7 Å². The van der Waals surface area contributed by atoms with Crippen molar-refractivity contribution >= 4 is 39.3 Å². The molecule has 0 unspecified atom stereocenters. The maximum Gasteiger partial charge on any atom is 0.234 e. The third-order valence-corrected chi connectivity index (χ3v) is 4.16. The molecule has 22 heavy (non-hydrogen) atoms. The molecule has 1 saturated heterocycles. The number of fused-ring (bicyclic) bond motifs is 2. The third-order valence-electron chi connectivity index (χ3n) is 4.16. The zero-order valence-corrected chi connectivity index (χ0v) is 12.2. The number of carbonyl (C=O) groups excluding carboxylic acids is 2. The molecule has 2 heterocycles. The predicted molar refractivity (Wildman–Crippen MR) is 85.7 cm³/mol. The van der Waals surface area contributed by atoms with Crippen molar-refractivity contribution in [3.8, 4) is 0 Å². The minimum absolute atomic E-state index is 0.135. The number of para-hydroxylation sites is 2. The van der Waals surface area contributed by atoms with Crippen molar-refractivity contribution in [2.45, 2.75) is 19.8 Å². The number of carbonyl (C=O) groups is 2. The summed E-state index contributed by atoms with van der Waals surface area (Å²) in [5, 5.41) is 1.69. The van der Waals surface area contributed by atoms with Crippen LogP contribution in [-0.4, -0.2) is 16.8 Å². The van der Waals surface area contributed by atoms with Gasteiger partial charge in [-0.05, 0) is 18.6 Å². The van der Waals surface area contributed by atoms with Gasteiger partial charge < -0.3 is 0 Å². The summed E-state index contributed by atoms with van der Waals surface area (Å²) < 4.78 is 0. The van der Waals surface area contributed by atoms with Crippen LogP contribution < -0.4 is 4.90 Å². The van der Waals surface area contributed by atoms with E-state index in [0.29, 0.717) is 5.69 Å². The summed E-state index contributed by atoms with van der Waals surface area (Å²) in [6, 6.07) is 13.5. The van der Waals surface area contributed by atoms with Gasteiger partial charge >= 0.3 is 0 Å². The molecule has 1 aliphatic rings. The van der Waals surface area contributed by atoms with Crippen LogP contribution in [-0.2, 0) is 9.59 Å². The first kappa shape index (κ1) is 13.0. The Bertz CT molecular complexity index is 930. The van der Waals surface area contributed by atoms with Gasteiger partial charge in [0.2, 0.25) is 11.8 Å². The topological polar surface area (TPSA) is 50.3 Å². The zero-order valence-electron chi connectivity index (χ0n) is 12.2. The van der Waals surface area contributed by atoms with Gasteiger partial charge in [-0.2, -0.15) is 0 Å². The molecular formula is C18H14N2O2. The van der Waals surface area contributed by atoms with Crippen LogP contribution in [0.4, 0.5) is 5.69 Å². The number of amides is 2. The maximum absolute atomic E-state index is 12.2. The van der Waals surface area contributed by atoms with Gasteiger partial charge in [-0.15, -0.1) is 0 Å². The fourth-order valence-corrected chi connectivity index (χ4v) is 3.10. The second-order valence-electron chi connectivity index (χ2n) is 5.57. The van der Waals surface area contributed by atoms with Gasteiger partial charge in [-0.25, -0.2) is 9.88 Å². The quantitative estimate of drug-likeness (QED) is 0.510. The molecule has 1 fully saturated rings. The smallest absolute Gasteiger partial charge is 0.234 e. The van der Waals surface area contributed by atoms with Crippen LogP contribution in [0.1, 0.15) is 18.4 Å². The fourth-order valence-electron chi connectivity index (χ4n) is 3.10. The molecule has 4 nitrogen and oxygen atoms in total. The minimum atomic E-state index is -0.135. The lowest BCUT2D eigenvalue weighted by Crippen LogP contribution is -2.29. The van der Waals surface area contributed by atoms with Gasteiger partial charge in [0.25, 0.3) is 0 Å². The van der Waals surface area contributed by atoms with E-state index in [2.05, 4.69) is 0 Å². The largest absolute Gasteiger partial charge is 0.274 e. The highest BCUT2D eigenvalue weighted by atomic mass is 16.2. The number of aromatic nitrogens is 1. The Labute approximate surface area is 127 Å². The zero-order chi connectivity index (χ0) is 15.3. The van der Waals surface area contributed by atoms with Crippen molar-refractivity contribution < 1.29 is 9.59 Å². The fraction of sp³-hybridized carbons (Fsp3) is 0.167. The lowest BCUT2D eigenvalue weighted by atomic mass is 10.0. The van der Waals surface area contributed by atoms with Gasteiger partial charge in [-0.3, -0.25) is 9.59 Å². The number of imide groups is 1. The van der Waals surface area contributed by atoms with Crippen LogP contribution in [0.25, 0.3) is 21.8 Å². The van der Waals surface area contributed by atoms with E-state index in [0.717, 1.165) is 27.4 Å². The van der Waals surface area contributed by atoms with Crippen LogP contribution in [0, 0.1) is 6.92 Å². The van der Waals surface area contributed by atoms with Crippen molar-refractivity contribution in [3.05, 3.63) is 48.0 Å². The molecule has 0 atom stereocenters. The number of hydrogen-bond donors (Lipinski definition) is 0. The maximum atomic E-state index is 12.2. The second-order valence-corrected chi connectivity index (χ2v) is 5.57. The summed E-state index contributed by atoms with van der Waals surface area (Å²) in [6.07, 6.45) is 0.561. The molecule has 0 spiro atoms. The number of benzene rings is 2. The van der Waals surface area contributed by atoms with Crippen molar-refractivity contribution in [2.75, 3.05) is 4.90 Å². The van der Waals surface area contributed by atoms with Crippen LogP contribution >= 0.6 is 0 Å². The molecule has 0 radical (unpaired) electrons. The van der Waals surface area contributed by atoms with Crippen molar-refractivity contribution in [3.63, 3.8) is 0 Å². The number of pyridine rings is 1. The molecule has 3 aromatic rings. The molecule has 2 amide bonds. The Morgan fingerprint density at radius 1 is 0.909 bits per heavy atom. The minimum Gasteiger partial charge on any atom is -0.274 e. The summed E-state index contributed by atoms with van der Waals surface area (Å²) in [5.74, 6) is -0.270. The number of aryl methyl sites for hydroxylation is 1. The molecule has 1 aliphatic heterocycles. The van der Waals surface area contributed by atoms with Gasteiger partial charge in [0.05, 0.1) is 16.7 Å². The van der Waals surface area contributed by atoms with Crippen molar-refractivity contribution in [1.29, 1.82) is 0 Å². The Balaban J connectivity index is 2.19. The van der Waals surface area contributed by atoms with Crippen molar-refractivity contribution in [1.82, 2.24) is 4.98 Å². The molecule has 1 aromatic heterocycles. The Morgan fingerprint density at radius 2 is 1.59 bits per heavy atom. The van der Waals surface area contributed by atoms with E-state index in [1.165, 1.54) is 4.90 Å². The first-order chi connectivity index (χ1) is 10.7. The molecule has 0 N–H and O–H groups in total. The standard InChI is InChI=1S/C18H14N2O2/c1-11-5-4-7-13-17(11)19-14-8-3-2-6-12(14)18(13)20-15(21)9-10-16(20)22/h2-8H,9-10H2,1H3. The first-order valence-corrected chi connectivity index (χ1v) is 7.30. The number of nitrogens with zero attached hydrogens (tertiary/aromatic N) is 2. The van der Waals surface area contributed by atoms with Gasteiger partial charge in [0.15, 0.2) is 0 Å². The first-order valence-electron chi connectivity index (χ1n) is 7.30. The summed E-state index contributed by atoms with van der Waals surface area (Å²) in [5.41, 5.74) is 3.34. The van der Waals surface area contributed by atoms with Crippen LogP contribution in [0.3, 0.4) is 0 Å². The summed E-state index contributed by atoms with van der Waals surface area (Å²) in [7, 11) is 0. The van der Waals surface area contributed by atoms with E-state index >= 15 is 0 Å². The van der Waals surface area contributed by atoms with Gasteiger partial charge in [0.1, 0.15) is 0 Å². The summed E-state index contributed by atoms with van der Waals surface area (Å²) in [6.45, 7) is 1.99. The highest BCUT2D eigenvalue weighted by molar-refractivity contribution is 6.27. The average molecular weight is 290 g/mol. The highest BCUT2D eigenvalue weighted by Gasteiger charge is 2.33. The number of rotatable bonds is 1. The highest BCUT2D eigenvalue weighted by Crippen LogP contribution is 2.37. The van der Waals surface area contributed by atoms with E-state index in [4.69, 9.17) is 4.98 Å². The van der Waals surface area contributed by atoms with Crippen molar-refractivity contribution in [2.24, 2.45) is 0 Å². The number of hydrogen-bond acceptors (Lipinski definition) is 3. The molecular weight excluding hydrogens is 276 g/mol.